The van der Waals surface area contributed by atoms with Crippen molar-refractivity contribution in [1.29, 1.82) is 0 Å². The Bertz CT molecular complexity index is 1380. The van der Waals surface area contributed by atoms with Crippen LogP contribution >= 0.6 is 0 Å². The van der Waals surface area contributed by atoms with E-state index in [2.05, 4.69) is 41.5 Å². The molecule has 248 valence electrons. The highest BCUT2D eigenvalue weighted by Gasteiger charge is 2.70. The van der Waals surface area contributed by atoms with E-state index in [1.165, 1.54) is 5.57 Å². The Morgan fingerprint density at radius 2 is 1.47 bits per heavy atom. The summed E-state index contributed by atoms with van der Waals surface area (Å²) in [6.45, 7) is 15.8. The number of hydrogen-bond donors (Lipinski definition) is 4. The molecule has 0 aromatic heterocycles. The Balaban J connectivity index is 0.000000309. The summed E-state index contributed by atoms with van der Waals surface area (Å²) in [5.41, 5.74) is 0.544. The summed E-state index contributed by atoms with van der Waals surface area (Å²) < 4.78 is 0. The van der Waals surface area contributed by atoms with Crippen LogP contribution in [0.15, 0.2) is 42.0 Å². The molecule has 0 spiro atoms. The van der Waals surface area contributed by atoms with Crippen molar-refractivity contribution >= 4 is 17.7 Å². The number of carboxylic acid groups (broad SMARTS) is 2. The van der Waals surface area contributed by atoms with Gasteiger partial charge in [0.2, 0.25) is 0 Å². The molecule has 0 amide bonds. The summed E-state index contributed by atoms with van der Waals surface area (Å²) in [5, 5.41) is 38.3. The number of ketones is 1. The van der Waals surface area contributed by atoms with E-state index < -0.39 is 23.5 Å². The Morgan fingerprint density at radius 1 is 0.844 bits per heavy atom. The molecule has 0 bridgehead atoms. The number of hydrogen-bond acceptors (Lipinski definition) is 5. The quantitative estimate of drug-likeness (QED) is 0.280. The van der Waals surface area contributed by atoms with Gasteiger partial charge in [0, 0.05) is 5.92 Å². The Kier molecular flexibility index (Phi) is 8.30. The van der Waals surface area contributed by atoms with Gasteiger partial charge in [-0.05, 0) is 115 Å². The first-order valence-corrected chi connectivity index (χ1v) is 16.9. The topological polar surface area (TPSA) is 132 Å². The number of benzene rings is 1. The van der Waals surface area contributed by atoms with E-state index in [1.54, 1.807) is 30.3 Å². The van der Waals surface area contributed by atoms with Gasteiger partial charge in [-0.1, -0.05) is 77.4 Å². The SMILES string of the molecule is CC1(C)[C@@H](O)CC[C@]2(C)[C@H]3C(=O)C=C4[C@@H]5C[C@@](C)(C(=O)O)CC[C@]5(C)CC[C@@]4(C)[C@]3(C)CC[C@@H]12.O=C(O)C(O)c1ccccc1. The Morgan fingerprint density at radius 3 is 2.07 bits per heavy atom. The third-order valence-electron chi connectivity index (χ3n) is 14.4. The van der Waals surface area contributed by atoms with Crippen LogP contribution in [0.3, 0.4) is 0 Å². The number of allylic oxidation sites excluding steroid dienone is 2. The van der Waals surface area contributed by atoms with Crippen LogP contribution in [-0.2, 0) is 14.4 Å². The molecule has 4 N–H and O–H groups in total. The summed E-state index contributed by atoms with van der Waals surface area (Å²) in [5.74, 6) is -1.17. The van der Waals surface area contributed by atoms with Crippen molar-refractivity contribution in [2.75, 3.05) is 0 Å². The highest BCUT2D eigenvalue weighted by atomic mass is 16.4. The number of carboxylic acids is 2. The maximum atomic E-state index is 14.2. The first kappa shape index (κ1) is 33.8. The van der Waals surface area contributed by atoms with Crippen LogP contribution in [0.25, 0.3) is 0 Å². The van der Waals surface area contributed by atoms with Gasteiger partial charge in [-0.15, -0.1) is 0 Å². The van der Waals surface area contributed by atoms with Crippen LogP contribution in [0.1, 0.15) is 118 Å². The number of carbonyl (C=O) groups is 3. The van der Waals surface area contributed by atoms with Crippen LogP contribution < -0.4 is 0 Å². The second-order valence-corrected chi connectivity index (χ2v) is 17.1. The largest absolute Gasteiger partial charge is 0.481 e. The molecule has 1 aromatic rings. The van der Waals surface area contributed by atoms with Crippen LogP contribution in [0.4, 0.5) is 0 Å². The summed E-state index contributed by atoms with van der Waals surface area (Å²) >= 11 is 0. The predicted octanol–water partition coefficient (Wildman–Crippen LogP) is 7.22. The second-order valence-electron chi connectivity index (χ2n) is 17.1. The minimum absolute atomic E-state index is 0.0296. The van der Waals surface area contributed by atoms with Crippen LogP contribution in [0.2, 0.25) is 0 Å². The zero-order valence-electron chi connectivity index (χ0n) is 28.2. The molecule has 4 saturated carbocycles. The van der Waals surface area contributed by atoms with Crippen LogP contribution in [0.5, 0.6) is 0 Å². The fourth-order valence-corrected chi connectivity index (χ4v) is 11.1. The van der Waals surface area contributed by atoms with Crippen molar-refractivity contribution in [1.82, 2.24) is 0 Å². The Hall–Kier alpha value is -2.51. The molecule has 10 atom stereocenters. The van der Waals surface area contributed by atoms with Gasteiger partial charge >= 0.3 is 11.9 Å². The minimum atomic E-state index is -1.41. The average molecular weight is 623 g/mol. The maximum Gasteiger partial charge on any atom is 0.337 e. The zero-order valence-corrected chi connectivity index (χ0v) is 28.2. The van der Waals surface area contributed by atoms with E-state index in [4.69, 9.17) is 10.2 Å². The van der Waals surface area contributed by atoms with E-state index >= 15 is 0 Å². The van der Waals surface area contributed by atoms with Crippen molar-refractivity contribution < 1.29 is 34.8 Å². The van der Waals surface area contributed by atoms with Crippen LogP contribution in [-0.4, -0.2) is 44.3 Å². The number of fused-ring (bicyclic) bond motifs is 7. The minimum Gasteiger partial charge on any atom is -0.481 e. The molecule has 7 nitrogen and oxygen atoms in total. The lowest BCUT2D eigenvalue weighted by molar-refractivity contribution is -0.202. The van der Waals surface area contributed by atoms with Gasteiger partial charge in [0.05, 0.1) is 11.5 Å². The monoisotopic (exact) mass is 622 g/mol. The highest BCUT2D eigenvalue weighted by molar-refractivity contribution is 5.95. The first-order valence-electron chi connectivity index (χ1n) is 16.9. The highest BCUT2D eigenvalue weighted by Crippen LogP contribution is 2.75. The molecule has 5 aliphatic rings. The van der Waals surface area contributed by atoms with Crippen molar-refractivity contribution in [3.05, 3.63) is 47.5 Å². The van der Waals surface area contributed by atoms with E-state index in [9.17, 15) is 24.6 Å². The van der Waals surface area contributed by atoms with Gasteiger partial charge in [-0.25, -0.2) is 4.79 Å². The molecular weight excluding hydrogens is 568 g/mol. The molecule has 0 aliphatic heterocycles. The summed E-state index contributed by atoms with van der Waals surface area (Å²) in [4.78, 5) is 36.7. The number of aliphatic hydroxyl groups is 2. The lowest BCUT2D eigenvalue weighted by Crippen LogP contribution is -2.66. The standard InChI is InChI=1S/C30H46O4.C8H8O3/c1-25(2)21-8-11-30(7)23(28(21,5)10-9-22(25)32)20(31)16-18-19-17-27(4,24(33)34)13-12-26(19,3)14-15-29(18,30)6;9-7(8(10)11)6-4-2-1-3-5-6/h16,19,21-23,32H,8-15,17H2,1-7H3,(H,33,34);1-5,7,9H,(H,10,11)/t19-,21-,22-,23+,26+,27-,28-,29+,30+;/m0./s1. The zero-order chi connectivity index (χ0) is 33.4. The number of rotatable bonds is 3. The molecule has 5 aliphatic carbocycles. The molecule has 1 aromatic carbocycles. The van der Waals surface area contributed by atoms with E-state index in [-0.39, 0.29) is 50.8 Å². The molecule has 45 heavy (non-hydrogen) atoms. The molecule has 0 heterocycles. The molecule has 1 unspecified atom stereocenters. The fourth-order valence-electron chi connectivity index (χ4n) is 11.1. The third-order valence-corrected chi connectivity index (χ3v) is 14.4. The normalized spacial score (nSPS) is 43.9. The van der Waals surface area contributed by atoms with Crippen molar-refractivity contribution in [2.45, 2.75) is 118 Å². The van der Waals surface area contributed by atoms with Crippen molar-refractivity contribution in [2.24, 2.45) is 50.2 Å². The molecule has 6 rings (SSSR count). The lowest BCUT2D eigenvalue weighted by atomic mass is 9.33. The second kappa shape index (κ2) is 11.0. The number of aliphatic hydroxyl groups excluding tert-OH is 2. The first-order chi connectivity index (χ1) is 20.8. The van der Waals surface area contributed by atoms with Gasteiger partial charge in [-0.2, -0.15) is 0 Å². The number of carbonyl (C=O) groups excluding carboxylic acids is 1. The molecule has 7 heteroatoms. The summed E-state index contributed by atoms with van der Waals surface area (Å²) in [6, 6.07) is 8.26. The van der Waals surface area contributed by atoms with E-state index in [0.29, 0.717) is 17.9 Å². The molecule has 0 radical (unpaired) electrons. The molecular formula is C38H54O7. The van der Waals surface area contributed by atoms with Gasteiger partial charge in [0.25, 0.3) is 0 Å². The maximum absolute atomic E-state index is 14.2. The van der Waals surface area contributed by atoms with E-state index in [0.717, 1.165) is 51.4 Å². The van der Waals surface area contributed by atoms with E-state index in [1.807, 2.05) is 13.0 Å². The average Bonchev–Trinajstić information content (AvgIpc) is 2.97. The fraction of sp³-hybridized carbons (Fsp3) is 0.711. The third kappa shape index (κ3) is 5.02. The van der Waals surface area contributed by atoms with Crippen LogP contribution in [0, 0.1) is 50.2 Å². The summed E-state index contributed by atoms with van der Waals surface area (Å²) in [6.07, 6.45) is 8.55. The predicted molar refractivity (Wildman–Crippen MR) is 172 cm³/mol. The van der Waals surface area contributed by atoms with Gasteiger partial charge in [-0.3, -0.25) is 9.59 Å². The lowest BCUT2D eigenvalue weighted by Gasteiger charge is -2.70. The summed E-state index contributed by atoms with van der Waals surface area (Å²) in [7, 11) is 0. The van der Waals surface area contributed by atoms with Crippen molar-refractivity contribution in [3.63, 3.8) is 0 Å². The van der Waals surface area contributed by atoms with Gasteiger partial charge < -0.3 is 20.4 Å². The van der Waals surface area contributed by atoms with Gasteiger partial charge in [0.1, 0.15) is 0 Å². The number of aliphatic carboxylic acids is 2. The Labute approximate surface area is 268 Å². The molecule has 4 fully saturated rings. The molecule has 0 saturated heterocycles. The smallest absolute Gasteiger partial charge is 0.337 e. The van der Waals surface area contributed by atoms with Crippen molar-refractivity contribution in [3.8, 4) is 0 Å². The van der Waals surface area contributed by atoms with Gasteiger partial charge in [0.15, 0.2) is 11.9 Å².